The third-order valence-corrected chi connectivity index (χ3v) is 3.03. The van der Waals surface area contributed by atoms with Gasteiger partial charge in [-0.25, -0.2) is 8.42 Å². The van der Waals surface area contributed by atoms with Gasteiger partial charge in [-0.15, -0.1) is 0 Å². The predicted molar refractivity (Wildman–Crippen MR) is 48.4 cm³/mol. The largest absolute Gasteiger partial charge is 0.419 e. The van der Waals surface area contributed by atoms with E-state index in [4.69, 9.17) is 11.6 Å². The fourth-order valence-electron chi connectivity index (χ4n) is 1.03. The summed E-state index contributed by atoms with van der Waals surface area (Å²) in [6, 6.07) is 3.96. The van der Waals surface area contributed by atoms with Gasteiger partial charge in [-0.1, -0.05) is 17.7 Å². The van der Waals surface area contributed by atoms with Gasteiger partial charge in [0.1, 0.15) is 0 Å². The molecule has 0 aliphatic heterocycles. The molecule has 0 heterocycles. The van der Waals surface area contributed by atoms with Crippen LogP contribution in [0.4, 0.5) is 13.2 Å². The molecule has 0 atom stereocenters. The minimum Gasteiger partial charge on any atom is -0.224 e. The first-order chi connectivity index (χ1) is 6.64. The quantitative estimate of drug-likeness (QED) is 0.775. The van der Waals surface area contributed by atoms with Crippen LogP contribution in [0.25, 0.3) is 0 Å². The van der Waals surface area contributed by atoms with Gasteiger partial charge in [-0.2, -0.15) is 13.2 Å². The molecular formula is C8H5ClF3O2S. The van der Waals surface area contributed by atoms with Gasteiger partial charge < -0.3 is 0 Å². The van der Waals surface area contributed by atoms with Crippen LogP contribution in [0.3, 0.4) is 0 Å². The highest BCUT2D eigenvalue weighted by molar-refractivity contribution is 7.90. The van der Waals surface area contributed by atoms with E-state index in [-0.39, 0.29) is 0 Å². The molecule has 0 fully saturated rings. The third-order valence-electron chi connectivity index (χ3n) is 1.59. The van der Waals surface area contributed by atoms with Crippen molar-refractivity contribution in [3.8, 4) is 0 Å². The minimum atomic E-state index is -4.81. The van der Waals surface area contributed by atoms with Crippen LogP contribution in [-0.2, 0) is 16.0 Å². The molecule has 0 amide bonds. The Morgan fingerprint density at radius 1 is 1.40 bits per heavy atom. The van der Waals surface area contributed by atoms with Crippen molar-refractivity contribution in [1.82, 2.24) is 0 Å². The Morgan fingerprint density at radius 2 is 1.93 bits per heavy atom. The normalized spacial score (nSPS) is 12.9. The van der Waals surface area contributed by atoms with Crippen LogP contribution in [0.5, 0.6) is 0 Å². The molecule has 0 aliphatic carbocycles. The number of benzene rings is 1. The van der Waals surface area contributed by atoms with E-state index in [9.17, 15) is 21.6 Å². The van der Waals surface area contributed by atoms with Gasteiger partial charge in [0.15, 0.2) is 9.84 Å². The van der Waals surface area contributed by atoms with E-state index in [2.05, 4.69) is 6.07 Å². The summed E-state index contributed by atoms with van der Waals surface area (Å²) in [5.41, 5.74) is -1.37. The molecule has 2 nitrogen and oxygen atoms in total. The number of hydrogen-bond acceptors (Lipinski definition) is 2. The summed E-state index contributed by atoms with van der Waals surface area (Å²) in [7, 11) is -3.96. The topological polar surface area (TPSA) is 34.1 Å². The van der Waals surface area contributed by atoms with Crippen LogP contribution in [-0.4, -0.2) is 14.7 Å². The predicted octanol–water partition coefficient (Wildman–Crippen LogP) is 2.56. The zero-order chi connectivity index (χ0) is 11.9. The van der Waals surface area contributed by atoms with Gasteiger partial charge in [0, 0.05) is 12.3 Å². The summed E-state index contributed by atoms with van der Waals surface area (Å²) >= 11 is 5.28. The fourth-order valence-corrected chi connectivity index (χ4v) is 2.26. The smallest absolute Gasteiger partial charge is 0.224 e. The van der Waals surface area contributed by atoms with E-state index < -0.39 is 31.5 Å². The molecule has 1 aromatic carbocycles. The van der Waals surface area contributed by atoms with Gasteiger partial charge >= 0.3 is 6.18 Å². The maximum Gasteiger partial charge on any atom is 0.419 e. The maximum atomic E-state index is 12.5. The van der Waals surface area contributed by atoms with Gasteiger partial charge in [-0.05, 0) is 6.07 Å². The molecule has 0 saturated carbocycles. The van der Waals surface area contributed by atoms with Crippen LogP contribution < -0.4 is 0 Å². The van der Waals surface area contributed by atoms with Crippen molar-refractivity contribution >= 4 is 21.4 Å². The Hall–Kier alpha value is -0.750. The van der Waals surface area contributed by atoms with Crippen molar-refractivity contribution in [3.63, 3.8) is 0 Å². The lowest BCUT2D eigenvalue weighted by molar-refractivity contribution is -0.139. The summed E-state index contributed by atoms with van der Waals surface area (Å²) in [4.78, 5) is -0.834. The lowest BCUT2D eigenvalue weighted by atomic mass is 10.2. The Morgan fingerprint density at radius 3 is 2.27 bits per heavy atom. The Bertz CT molecular complexity index is 479. The zero-order valence-electron chi connectivity index (χ0n) is 7.39. The van der Waals surface area contributed by atoms with Crippen LogP contribution in [0, 0.1) is 6.07 Å². The average molecular weight is 258 g/mol. The Labute approximate surface area is 89.6 Å². The van der Waals surface area contributed by atoms with E-state index in [1.807, 2.05) is 0 Å². The summed E-state index contributed by atoms with van der Waals surface area (Å²) in [5.74, 6) is 0. The van der Waals surface area contributed by atoms with E-state index in [1.165, 1.54) is 0 Å². The fraction of sp³-hybridized carbons (Fsp3) is 0.250. The molecule has 0 spiro atoms. The van der Waals surface area contributed by atoms with Crippen molar-refractivity contribution in [2.75, 3.05) is 6.26 Å². The van der Waals surface area contributed by atoms with Crippen molar-refractivity contribution < 1.29 is 21.6 Å². The summed E-state index contributed by atoms with van der Waals surface area (Å²) in [6.45, 7) is 0. The second kappa shape index (κ2) is 3.68. The van der Waals surface area contributed by atoms with Crippen molar-refractivity contribution in [3.05, 3.63) is 28.8 Å². The molecule has 1 aromatic rings. The second-order valence-corrected chi connectivity index (χ2v) is 5.16. The SMILES string of the molecule is CS(=O)(=O)c1cc[c]c(Cl)c1C(F)(F)F. The number of hydrogen-bond donors (Lipinski definition) is 0. The van der Waals surface area contributed by atoms with Crippen LogP contribution in [0.15, 0.2) is 17.0 Å². The average Bonchev–Trinajstić information content (AvgIpc) is 1.99. The molecule has 0 saturated heterocycles. The maximum absolute atomic E-state index is 12.5. The first kappa shape index (κ1) is 12.3. The van der Waals surface area contributed by atoms with Gasteiger partial charge in [0.05, 0.1) is 15.5 Å². The minimum absolute atomic E-state index is 0.688. The monoisotopic (exact) mass is 257 g/mol. The van der Waals surface area contributed by atoms with E-state index in [0.29, 0.717) is 6.26 Å². The molecule has 0 N–H and O–H groups in total. The highest BCUT2D eigenvalue weighted by atomic mass is 35.5. The first-order valence-corrected chi connectivity index (χ1v) is 5.88. The Balaban J connectivity index is 3.63. The van der Waals surface area contributed by atoms with Crippen LogP contribution in [0.2, 0.25) is 5.02 Å². The van der Waals surface area contributed by atoms with Gasteiger partial charge in [0.25, 0.3) is 0 Å². The van der Waals surface area contributed by atoms with Gasteiger partial charge in [-0.3, -0.25) is 0 Å². The molecule has 0 aromatic heterocycles. The zero-order valence-corrected chi connectivity index (χ0v) is 8.96. The highest BCUT2D eigenvalue weighted by Crippen LogP contribution is 2.38. The molecule has 15 heavy (non-hydrogen) atoms. The van der Waals surface area contributed by atoms with Crippen molar-refractivity contribution in [1.29, 1.82) is 0 Å². The van der Waals surface area contributed by atoms with E-state index in [0.717, 1.165) is 12.1 Å². The van der Waals surface area contributed by atoms with Crippen LogP contribution >= 0.6 is 11.6 Å². The molecule has 0 bridgehead atoms. The van der Waals surface area contributed by atoms with Gasteiger partial charge in [0.2, 0.25) is 0 Å². The van der Waals surface area contributed by atoms with Crippen molar-refractivity contribution in [2.45, 2.75) is 11.1 Å². The third kappa shape index (κ3) is 2.63. The highest BCUT2D eigenvalue weighted by Gasteiger charge is 2.38. The summed E-state index contributed by atoms with van der Waals surface area (Å²) < 4.78 is 59.6. The number of halogens is 4. The molecule has 0 unspecified atom stereocenters. The lowest BCUT2D eigenvalue weighted by Crippen LogP contribution is -2.13. The summed E-state index contributed by atoms with van der Waals surface area (Å²) in [5, 5.41) is -0.745. The second-order valence-electron chi connectivity index (χ2n) is 2.80. The molecule has 0 aliphatic rings. The van der Waals surface area contributed by atoms with E-state index >= 15 is 0 Å². The Kier molecular flexibility index (Phi) is 3.02. The number of rotatable bonds is 1. The lowest BCUT2D eigenvalue weighted by Gasteiger charge is -2.12. The standard InChI is InChI=1S/C8H5ClF3O2S/c1-15(13,14)6-4-2-3-5(9)7(6)8(10,11)12/h2,4H,1H3. The summed E-state index contributed by atoms with van der Waals surface area (Å²) in [6.07, 6.45) is -4.12. The molecule has 1 radical (unpaired) electrons. The first-order valence-electron chi connectivity index (χ1n) is 3.61. The van der Waals surface area contributed by atoms with Crippen molar-refractivity contribution in [2.24, 2.45) is 0 Å². The molecule has 7 heteroatoms. The molecule has 1 rings (SSSR count). The number of alkyl halides is 3. The van der Waals surface area contributed by atoms with E-state index in [1.54, 1.807) is 0 Å². The number of sulfone groups is 1. The van der Waals surface area contributed by atoms with Crippen LogP contribution in [0.1, 0.15) is 5.56 Å². The molecule has 83 valence electrons. The molecular weight excluding hydrogens is 253 g/mol.